The summed E-state index contributed by atoms with van der Waals surface area (Å²) in [6, 6.07) is 9.57. The van der Waals surface area contributed by atoms with E-state index in [1.165, 1.54) is 35.3 Å². The maximum Gasteiger partial charge on any atom is 0.433 e. The van der Waals surface area contributed by atoms with Crippen LogP contribution in [0.2, 0.25) is 0 Å². The number of anilines is 1. The van der Waals surface area contributed by atoms with Crippen LogP contribution in [0.4, 0.5) is 19.0 Å². The first-order valence-corrected chi connectivity index (χ1v) is 7.14. The molecule has 7 nitrogen and oxygen atoms in total. The van der Waals surface area contributed by atoms with Crippen molar-refractivity contribution in [1.82, 2.24) is 19.5 Å². The van der Waals surface area contributed by atoms with Crippen molar-refractivity contribution in [2.45, 2.75) is 6.18 Å². The summed E-state index contributed by atoms with van der Waals surface area (Å²) in [6.45, 7) is 0. The molecule has 3 rings (SSSR count). The number of carbonyl (C=O) groups is 1. The van der Waals surface area contributed by atoms with Crippen LogP contribution in [0.5, 0.6) is 0 Å². The zero-order valence-corrected chi connectivity index (χ0v) is 12.9. The largest absolute Gasteiger partial charge is 0.433 e. The minimum Gasteiger partial charge on any atom is -0.305 e. The summed E-state index contributed by atoms with van der Waals surface area (Å²) in [6.07, 6.45) is -1.92. The van der Waals surface area contributed by atoms with E-state index in [0.717, 1.165) is 12.1 Å². The molecule has 0 aliphatic rings. The highest BCUT2D eigenvalue weighted by Gasteiger charge is 2.32. The molecular formula is C16H9F3N6O. The van der Waals surface area contributed by atoms with Crippen molar-refractivity contribution in [2.24, 2.45) is 0 Å². The molecule has 3 aromatic heterocycles. The molecule has 0 bridgehead atoms. The molecule has 3 aromatic rings. The summed E-state index contributed by atoms with van der Waals surface area (Å²) >= 11 is 0. The second-order valence-corrected chi connectivity index (χ2v) is 5.00. The van der Waals surface area contributed by atoms with E-state index in [0.29, 0.717) is 0 Å². The van der Waals surface area contributed by atoms with Gasteiger partial charge in [-0.05, 0) is 24.3 Å². The number of nitrogens with one attached hydrogen (secondary N) is 1. The SMILES string of the molecule is N#Cc1cncn1-c1cccc(C(=O)Nc2cccc(C(F)(F)F)n2)n1. The summed E-state index contributed by atoms with van der Waals surface area (Å²) in [4.78, 5) is 23.6. The number of amides is 1. The highest BCUT2D eigenvalue weighted by Crippen LogP contribution is 2.28. The molecule has 3 heterocycles. The average Bonchev–Trinajstić information content (AvgIpc) is 3.10. The molecule has 0 unspecified atom stereocenters. The monoisotopic (exact) mass is 358 g/mol. The predicted octanol–water partition coefficient (Wildman–Crippen LogP) is 2.81. The molecular weight excluding hydrogens is 349 g/mol. The van der Waals surface area contributed by atoms with Gasteiger partial charge in [-0.3, -0.25) is 9.36 Å². The first-order valence-electron chi connectivity index (χ1n) is 7.14. The highest BCUT2D eigenvalue weighted by atomic mass is 19.4. The average molecular weight is 358 g/mol. The Morgan fingerprint density at radius 1 is 1.15 bits per heavy atom. The number of alkyl halides is 3. The molecule has 0 saturated carbocycles. The summed E-state index contributed by atoms with van der Waals surface area (Å²) in [5.41, 5.74) is -0.956. The van der Waals surface area contributed by atoms with Crippen molar-refractivity contribution in [3.05, 3.63) is 66.0 Å². The fourth-order valence-electron chi connectivity index (χ4n) is 2.09. The molecule has 10 heteroatoms. The van der Waals surface area contributed by atoms with Crippen molar-refractivity contribution in [1.29, 1.82) is 5.26 Å². The van der Waals surface area contributed by atoms with E-state index in [4.69, 9.17) is 5.26 Å². The molecule has 0 aliphatic heterocycles. The molecule has 130 valence electrons. The lowest BCUT2D eigenvalue weighted by molar-refractivity contribution is -0.141. The lowest BCUT2D eigenvalue weighted by Gasteiger charge is -2.09. The van der Waals surface area contributed by atoms with Crippen LogP contribution >= 0.6 is 0 Å². The molecule has 0 saturated heterocycles. The first kappa shape index (κ1) is 17.1. The summed E-state index contributed by atoms with van der Waals surface area (Å²) in [5, 5.41) is 11.3. The number of pyridine rings is 2. The van der Waals surface area contributed by atoms with Crippen molar-refractivity contribution in [2.75, 3.05) is 5.32 Å². The van der Waals surface area contributed by atoms with Crippen molar-refractivity contribution in [3.63, 3.8) is 0 Å². The lowest BCUT2D eigenvalue weighted by atomic mass is 10.3. The zero-order valence-electron chi connectivity index (χ0n) is 12.9. The molecule has 0 aliphatic carbocycles. The molecule has 0 atom stereocenters. The topological polar surface area (TPSA) is 96.5 Å². The van der Waals surface area contributed by atoms with Gasteiger partial charge in [0.1, 0.15) is 41.1 Å². The van der Waals surface area contributed by atoms with Crippen LogP contribution in [0.25, 0.3) is 5.82 Å². The van der Waals surface area contributed by atoms with Gasteiger partial charge in [-0.2, -0.15) is 18.4 Å². The van der Waals surface area contributed by atoms with E-state index in [1.54, 1.807) is 6.07 Å². The molecule has 0 aromatic carbocycles. The Morgan fingerprint density at radius 2 is 1.92 bits per heavy atom. The summed E-state index contributed by atoms with van der Waals surface area (Å²) in [7, 11) is 0. The maximum absolute atomic E-state index is 12.7. The Hall–Kier alpha value is -3.74. The summed E-state index contributed by atoms with van der Waals surface area (Å²) in [5.74, 6) is -0.724. The van der Waals surface area contributed by atoms with E-state index in [-0.39, 0.29) is 23.0 Å². The van der Waals surface area contributed by atoms with Crippen LogP contribution in [0.1, 0.15) is 21.9 Å². The summed E-state index contributed by atoms with van der Waals surface area (Å²) < 4.78 is 39.4. The first-order chi connectivity index (χ1) is 12.4. The quantitative estimate of drug-likeness (QED) is 0.777. The van der Waals surface area contributed by atoms with E-state index < -0.39 is 17.8 Å². The molecule has 1 N–H and O–H groups in total. The third-order valence-corrected chi connectivity index (χ3v) is 3.25. The second-order valence-electron chi connectivity index (χ2n) is 5.00. The number of halogens is 3. The maximum atomic E-state index is 12.7. The lowest BCUT2D eigenvalue weighted by Crippen LogP contribution is -2.17. The zero-order chi connectivity index (χ0) is 18.7. The van der Waals surface area contributed by atoms with Gasteiger partial charge < -0.3 is 5.32 Å². The second kappa shape index (κ2) is 6.64. The van der Waals surface area contributed by atoms with Crippen LogP contribution < -0.4 is 5.32 Å². The van der Waals surface area contributed by atoms with Gasteiger partial charge >= 0.3 is 6.18 Å². The molecule has 26 heavy (non-hydrogen) atoms. The number of aromatic nitrogens is 4. The molecule has 0 fully saturated rings. The number of carbonyl (C=O) groups excluding carboxylic acids is 1. The van der Waals surface area contributed by atoms with Crippen LogP contribution in [0, 0.1) is 11.3 Å². The van der Waals surface area contributed by atoms with Crippen LogP contribution in [-0.4, -0.2) is 25.4 Å². The Balaban J connectivity index is 1.86. The number of nitrogens with zero attached hydrogens (tertiary/aromatic N) is 5. The van der Waals surface area contributed by atoms with Gasteiger partial charge in [-0.15, -0.1) is 0 Å². The third kappa shape index (κ3) is 3.51. The predicted molar refractivity (Wildman–Crippen MR) is 83.3 cm³/mol. The Kier molecular flexibility index (Phi) is 4.36. The minimum atomic E-state index is -4.62. The van der Waals surface area contributed by atoms with Gasteiger partial charge in [-0.25, -0.2) is 15.0 Å². The van der Waals surface area contributed by atoms with Gasteiger partial charge in [-0.1, -0.05) is 12.1 Å². The van der Waals surface area contributed by atoms with Crippen molar-refractivity contribution >= 4 is 11.7 Å². The van der Waals surface area contributed by atoms with Gasteiger partial charge in [0.15, 0.2) is 0 Å². The number of rotatable bonds is 3. The third-order valence-electron chi connectivity index (χ3n) is 3.25. The number of hydrogen-bond donors (Lipinski definition) is 1. The Labute approximate surface area is 144 Å². The van der Waals surface area contributed by atoms with Crippen LogP contribution in [0.15, 0.2) is 48.9 Å². The van der Waals surface area contributed by atoms with Gasteiger partial charge in [0.2, 0.25) is 0 Å². The normalized spacial score (nSPS) is 11.0. The molecule has 0 radical (unpaired) electrons. The van der Waals surface area contributed by atoms with E-state index in [9.17, 15) is 18.0 Å². The van der Waals surface area contributed by atoms with E-state index in [2.05, 4.69) is 20.3 Å². The van der Waals surface area contributed by atoms with Crippen LogP contribution in [-0.2, 0) is 6.18 Å². The molecule has 0 spiro atoms. The number of nitriles is 1. The minimum absolute atomic E-state index is 0.0562. The van der Waals surface area contributed by atoms with E-state index in [1.807, 2.05) is 6.07 Å². The smallest absolute Gasteiger partial charge is 0.305 e. The fraction of sp³-hybridized carbons (Fsp3) is 0.0625. The van der Waals surface area contributed by atoms with Crippen molar-refractivity contribution in [3.8, 4) is 11.9 Å². The highest BCUT2D eigenvalue weighted by molar-refractivity contribution is 6.02. The van der Waals surface area contributed by atoms with Crippen molar-refractivity contribution < 1.29 is 18.0 Å². The number of hydrogen-bond acceptors (Lipinski definition) is 5. The van der Waals surface area contributed by atoms with Gasteiger partial charge in [0.25, 0.3) is 5.91 Å². The van der Waals surface area contributed by atoms with Gasteiger partial charge in [0.05, 0.1) is 6.20 Å². The Morgan fingerprint density at radius 3 is 2.65 bits per heavy atom. The van der Waals surface area contributed by atoms with Gasteiger partial charge in [0, 0.05) is 0 Å². The fourth-order valence-corrected chi connectivity index (χ4v) is 2.09. The molecule has 1 amide bonds. The van der Waals surface area contributed by atoms with Crippen LogP contribution in [0.3, 0.4) is 0 Å². The standard InChI is InChI=1S/C16H9F3N6O/c17-16(18,19)12-4-2-5-13(23-12)24-15(26)11-3-1-6-14(22-11)25-9-21-8-10(25)7-20/h1-6,8-9H,(H,23,24,26). The number of imidazole rings is 1. The van der Waals surface area contributed by atoms with E-state index >= 15 is 0 Å². The Bertz CT molecular complexity index is 1010.